The van der Waals surface area contributed by atoms with Crippen LogP contribution in [0.1, 0.15) is 26.1 Å². The fraction of sp³-hybridized carbons (Fsp3) is 0.583. The lowest BCUT2D eigenvalue weighted by atomic mass is 10.4. The third-order valence-corrected chi connectivity index (χ3v) is 2.40. The maximum Gasteiger partial charge on any atom is 0.221 e. The van der Waals surface area contributed by atoms with Crippen molar-refractivity contribution in [3.63, 3.8) is 0 Å². The minimum absolute atomic E-state index is 0.00435. The van der Waals surface area contributed by atoms with Gasteiger partial charge >= 0.3 is 0 Å². The van der Waals surface area contributed by atoms with Crippen molar-refractivity contribution in [2.24, 2.45) is 0 Å². The van der Waals surface area contributed by atoms with Crippen molar-refractivity contribution in [1.82, 2.24) is 15.3 Å². The number of amides is 1. The van der Waals surface area contributed by atoms with E-state index in [1.807, 2.05) is 13.8 Å². The Morgan fingerprint density at radius 1 is 1.42 bits per heavy atom. The van der Waals surface area contributed by atoms with Gasteiger partial charge in [-0.25, -0.2) is 9.97 Å². The number of ether oxygens (including phenoxy) is 1. The maximum atomic E-state index is 11.3. The molecule has 0 unspecified atom stereocenters. The molecule has 1 amide bonds. The molecular formula is C12H19ClN4O2. The number of hydrogen-bond acceptors (Lipinski definition) is 5. The SMILES string of the molecule is CCNC(=O)CCNc1cc(Cl)nc(COCC)n1. The van der Waals surface area contributed by atoms with Crippen LogP contribution in [0.3, 0.4) is 0 Å². The zero-order valence-electron chi connectivity index (χ0n) is 11.2. The number of hydrogen-bond donors (Lipinski definition) is 2. The number of nitrogens with one attached hydrogen (secondary N) is 2. The second-order valence-electron chi connectivity index (χ2n) is 3.76. The molecule has 0 spiro atoms. The molecule has 1 heterocycles. The van der Waals surface area contributed by atoms with Crippen LogP contribution in [0.4, 0.5) is 5.82 Å². The summed E-state index contributed by atoms with van der Waals surface area (Å²) in [5.41, 5.74) is 0. The molecule has 0 saturated carbocycles. The van der Waals surface area contributed by atoms with Gasteiger partial charge in [-0.15, -0.1) is 0 Å². The van der Waals surface area contributed by atoms with E-state index in [1.165, 1.54) is 0 Å². The third-order valence-electron chi connectivity index (χ3n) is 2.21. The van der Waals surface area contributed by atoms with Gasteiger partial charge in [0.1, 0.15) is 17.6 Å². The third kappa shape index (κ3) is 6.35. The normalized spacial score (nSPS) is 10.3. The van der Waals surface area contributed by atoms with Crippen molar-refractivity contribution in [2.45, 2.75) is 26.9 Å². The molecule has 0 aliphatic carbocycles. The molecule has 1 aromatic heterocycles. The van der Waals surface area contributed by atoms with E-state index in [0.29, 0.717) is 49.5 Å². The maximum absolute atomic E-state index is 11.3. The zero-order chi connectivity index (χ0) is 14.1. The molecule has 0 aliphatic heterocycles. The van der Waals surface area contributed by atoms with Crippen LogP contribution in [0.2, 0.25) is 5.15 Å². The first-order chi connectivity index (χ1) is 9.15. The minimum Gasteiger partial charge on any atom is -0.374 e. The monoisotopic (exact) mass is 286 g/mol. The van der Waals surface area contributed by atoms with Gasteiger partial charge in [-0.3, -0.25) is 4.79 Å². The fourth-order valence-electron chi connectivity index (χ4n) is 1.40. The summed E-state index contributed by atoms with van der Waals surface area (Å²) >= 11 is 5.89. The van der Waals surface area contributed by atoms with E-state index in [-0.39, 0.29) is 5.91 Å². The Labute approximate surface area is 117 Å². The standard InChI is InChI=1S/C12H19ClN4O2/c1-3-14-12(18)5-6-15-10-7-9(13)16-11(17-10)8-19-4-2/h7H,3-6,8H2,1-2H3,(H,14,18)(H,15,16,17). The number of halogens is 1. The Kier molecular flexibility index (Phi) is 7.14. The Balaban J connectivity index is 2.48. The van der Waals surface area contributed by atoms with Gasteiger partial charge in [0.2, 0.25) is 5.91 Å². The highest BCUT2D eigenvalue weighted by atomic mass is 35.5. The van der Waals surface area contributed by atoms with Gasteiger partial charge in [0.05, 0.1) is 0 Å². The van der Waals surface area contributed by atoms with Crippen LogP contribution >= 0.6 is 11.6 Å². The fourth-order valence-corrected chi connectivity index (χ4v) is 1.60. The van der Waals surface area contributed by atoms with Crippen molar-refractivity contribution in [1.29, 1.82) is 0 Å². The molecule has 0 fully saturated rings. The molecule has 2 N–H and O–H groups in total. The first kappa shape index (κ1) is 15.7. The van der Waals surface area contributed by atoms with Gasteiger partial charge in [0.25, 0.3) is 0 Å². The van der Waals surface area contributed by atoms with Crippen LogP contribution in [-0.4, -0.2) is 35.6 Å². The molecule has 106 valence electrons. The van der Waals surface area contributed by atoms with Crippen molar-refractivity contribution in [2.75, 3.05) is 25.0 Å². The summed E-state index contributed by atoms with van der Waals surface area (Å²) in [7, 11) is 0. The number of carbonyl (C=O) groups excluding carboxylic acids is 1. The Morgan fingerprint density at radius 2 is 2.21 bits per heavy atom. The van der Waals surface area contributed by atoms with Crippen molar-refractivity contribution < 1.29 is 9.53 Å². The van der Waals surface area contributed by atoms with Crippen LogP contribution in [0.5, 0.6) is 0 Å². The van der Waals surface area contributed by atoms with Gasteiger partial charge in [-0.1, -0.05) is 11.6 Å². The van der Waals surface area contributed by atoms with Gasteiger partial charge < -0.3 is 15.4 Å². The molecule has 0 radical (unpaired) electrons. The molecule has 0 aliphatic rings. The second kappa shape index (κ2) is 8.66. The van der Waals surface area contributed by atoms with Gasteiger partial charge in [0, 0.05) is 32.2 Å². The van der Waals surface area contributed by atoms with E-state index in [1.54, 1.807) is 6.07 Å². The molecule has 0 aromatic carbocycles. The number of carbonyl (C=O) groups is 1. The first-order valence-corrected chi connectivity index (χ1v) is 6.65. The lowest BCUT2D eigenvalue weighted by molar-refractivity contribution is -0.120. The molecule has 6 nitrogen and oxygen atoms in total. The highest BCUT2D eigenvalue weighted by Gasteiger charge is 2.04. The first-order valence-electron chi connectivity index (χ1n) is 6.27. The van der Waals surface area contributed by atoms with Gasteiger partial charge in [-0.2, -0.15) is 0 Å². The Morgan fingerprint density at radius 3 is 2.89 bits per heavy atom. The van der Waals surface area contributed by atoms with Crippen molar-refractivity contribution in [3.05, 3.63) is 17.0 Å². The Bertz CT molecular complexity index is 415. The van der Waals surface area contributed by atoms with Gasteiger partial charge in [-0.05, 0) is 13.8 Å². The summed E-state index contributed by atoms with van der Waals surface area (Å²) in [6, 6.07) is 1.62. The molecule has 7 heteroatoms. The number of nitrogens with zero attached hydrogens (tertiary/aromatic N) is 2. The quantitative estimate of drug-likeness (QED) is 0.710. The smallest absolute Gasteiger partial charge is 0.221 e. The summed E-state index contributed by atoms with van der Waals surface area (Å²) in [6.07, 6.45) is 0.385. The summed E-state index contributed by atoms with van der Waals surface area (Å²) < 4.78 is 5.23. The van der Waals surface area contributed by atoms with E-state index < -0.39 is 0 Å². The summed E-state index contributed by atoms with van der Waals surface area (Å²) in [5, 5.41) is 6.12. The number of rotatable bonds is 8. The average molecular weight is 287 g/mol. The van der Waals surface area contributed by atoms with Crippen LogP contribution < -0.4 is 10.6 Å². The molecule has 1 aromatic rings. The largest absolute Gasteiger partial charge is 0.374 e. The average Bonchev–Trinajstić information content (AvgIpc) is 2.36. The summed E-state index contributed by atoms with van der Waals surface area (Å²) in [4.78, 5) is 19.6. The van der Waals surface area contributed by atoms with E-state index >= 15 is 0 Å². The summed E-state index contributed by atoms with van der Waals surface area (Å²) in [5.74, 6) is 1.12. The number of anilines is 1. The predicted octanol–water partition coefficient (Wildman–Crippen LogP) is 1.60. The van der Waals surface area contributed by atoms with E-state index in [9.17, 15) is 4.79 Å². The van der Waals surface area contributed by atoms with Crippen molar-refractivity contribution >= 4 is 23.3 Å². The Hall–Kier alpha value is -1.40. The molecular weight excluding hydrogens is 268 g/mol. The second-order valence-corrected chi connectivity index (χ2v) is 4.15. The van der Waals surface area contributed by atoms with Crippen LogP contribution in [0.15, 0.2) is 6.07 Å². The zero-order valence-corrected chi connectivity index (χ0v) is 12.0. The molecule has 0 atom stereocenters. The molecule has 1 rings (SSSR count). The van der Waals surface area contributed by atoms with Crippen LogP contribution in [-0.2, 0) is 16.1 Å². The van der Waals surface area contributed by atoms with E-state index in [2.05, 4.69) is 20.6 Å². The lowest BCUT2D eigenvalue weighted by Crippen LogP contribution is -2.24. The minimum atomic E-state index is 0.00435. The number of aromatic nitrogens is 2. The summed E-state index contributed by atoms with van der Waals surface area (Å²) in [6.45, 7) is 5.83. The van der Waals surface area contributed by atoms with Crippen LogP contribution in [0, 0.1) is 0 Å². The van der Waals surface area contributed by atoms with Crippen LogP contribution in [0.25, 0.3) is 0 Å². The highest BCUT2D eigenvalue weighted by Crippen LogP contribution is 2.12. The van der Waals surface area contributed by atoms with E-state index in [4.69, 9.17) is 16.3 Å². The molecule has 19 heavy (non-hydrogen) atoms. The lowest BCUT2D eigenvalue weighted by Gasteiger charge is -2.08. The molecule has 0 saturated heterocycles. The van der Waals surface area contributed by atoms with Crippen molar-refractivity contribution in [3.8, 4) is 0 Å². The highest BCUT2D eigenvalue weighted by molar-refractivity contribution is 6.29. The van der Waals surface area contributed by atoms with E-state index in [0.717, 1.165) is 0 Å². The topological polar surface area (TPSA) is 76.1 Å². The molecule has 0 bridgehead atoms. The van der Waals surface area contributed by atoms with Gasteiger partial charge in [0.15, 0.2) is 5.82 Å². The predicted molar refractivity (Wildman–Crippen MR) is 74.2 cm³/mol.